The van der Waals surface area contributed by atoms with E-state index in [2.05, 4.69) is 5.32 Å². The van der Waals surface area contributed by atoms with E-state index in [9.17, 15) is 22.4 Å². The number of sulfonamides is 1. The molecule has 0 aromatic heterocycles. The number of ether oxygens (including phenoxy) is 2. The summed E-state index contributed by atoms with van der Waals surface area (Å²) in [6.07, 6.45) is 0.204. The topological polar surface area (TPSA) is 105 Å². The van der Waals surface area contributed by atoms with Crippen molar-refractivity contribution in [2.75, 3.05) is 30.6 Å². The van der Waals surface area contributed by atoms with Gasteiger partial charge in [-0.15, -0.1) is 0 Å². The first kappa shape index (κ1) is 32.5. The van der Waals surface area contributed by atoms with Crippen LogP contribution in [-0.4, -0.2) is 57.5 Å². The van der Waals surface area contributed by atoms with Gasteiger partial charge in [0.15, 0.2) is 11.5 Å². The van der Waals surface area contributed by atoms with Gasteiger partial charge in [0.05, 0.1) is 10.6 Å². The van der Waals surface area contributed by atoms with Gasteiger partial charge in [0, 0.05) is 25.6 Å². The van der Waals surface area contributed by atoms with Crippen LogP contribution < -0.4 is 19.1 Å². The molecule has 1 N–H and O–H groups in total. The number of nitrogens with one attached hydrogen (secondary N) is 1. The number of halogens is 1. The third kappa shape index (κ3) is 7.66. The fourth-order valence-electron chi connectivity index (χ4n) is 5.30. The Labute approximate surface area is 268 Å². The van der Waals surface area contributed by atoms with Crippen LogP contribution in [0.15, 0.2) is 102 Å². The van der Waals surface area contributed by atoms with Crippen molar-refractivity contribution in [1.29, 1.82) is 0 Å². The molecule has 1 heterocycles. The number of rotatable bonds is 12. The number of likely N-dealkylation sites (N-methyl/N-ethyl adjacent to an activating group) is 1. The molecule has 11 heteroatoms. The van der Waals surface area contributed by atoms with Gasteiger partial charge in [-0.1, -0.05) is 60.2 Å². The average molecular weight is 646 g/mol. The lowest BCUT2D eigenvalue weighted by atomic mass is 10.0. The number of aryl methyl sites for hydroxylation is 1. The molecule has 1 aliphatic heterocycles. The summed E-state index contributed by atoms with van der Waals surface area (Å²) < 4.78 is 54.6. The van der Waals surface area contributed by atoms with Gasteiger partial charge < -0.3 is 19.7 Å². The number of benzene rings is 4. The number of amides is 2. The molecule has 0 spiro atoms. The monoisotopic (exact) mass is 645 g/mol. The summed E-state index contributed by atoms with van der Waals surface area (Å²) in [7, 11) is -4.40. The van der Waals surface area contributed by atoms with Crippen molar-refractivity contribution in [3.8, 4) is 11.5 Å². The van der Waals surface area contributed by atoms with Crippen LogP contribution in [0.3, 0.4) is 0 Å². The highest BCUT2D eigenvalue weighted by Gasteiger charge is 2.35. The summed E-state index contributed by atoms with van der Waals surface area (Å²) in [4.78, 5) is 29.3. The number of fused-ring (bicyclic) bond motifs is 1. The van der Waals surface area contributed by atoms with Crippen molar-refractivity contribution in [2.45, 2.75) is 37.8 Å². The first-order valence-electron chi connectivity index (χ1n) is 15.0. The molecule has 4 aromatic carbocycles. The second-order valence-corrected chi connectivity index (χ2v) is 12.8. The van der Waals surface area contributed by atoms with Crippen molar-refractivity contribution in [3.05, 3.63) is 120 Å². The fourth-order valence-corrected chi connectivity index (χ4v) is 6.73. The summed E-state index contributed by atoms with van der Waals surface area (Å²) in [6, 6.07) is 25.0. The highest BCUT2D eigenvalue weighted by Crippen LogP contribution is 2.34. The summed E-state index contributed by atoms with van der Waals surface area (Å²) >= 11 is 0. The Morgan fingerprint density at radius 3 is 2.26 bits per heavy atom. The molecule has 0 unspecified atom stereocenters. The van der Waals surface area contributed by atoms with E-state index in [0.29, 0.717) is 18.9 Å². The highest BCUT2D eigenvalue weighted by molar-refractivity contribution is 7.92. The zero-order chi connectivity index (χ0) is 32.7. The molecule has 0 bridgehead atoms. The molecule has 0 fully saturated rings. The van der Waals surface area contributed by atoms with Gasteiger partial charge in [0.1, 0.15) is 31.6 Å². The SMILES string of the molecule is CCNC(=O)[C@@H](Cc1ccccc1)N(Cc1cccc(C)c1)C(=O)CN(c1ccc(F)cc1)S(=O)(=O)c1ccc2c(c1)OCCO2. The molecule has 1 aliphatic rings. The minimum absolute atomic E-state index is 0.0521. The number of nitrogens with zero attached hydrogens (tertiary/aromatic N) is 2. The molecule has 0 radical (unpaired) electrons. The normalized spacial score (nSPS) is 13.0. The standard InChI is InChI=1S/C35H36FN3O6S/c1-3-37-35(41)31(21-26-9-5-4-6-10-26)38(23-27-11-7-8-25(2)20-27)34(40)24-39(29-14-12-28(36)13-15-29)46(42,43)30-16-17-32-33(22-30)45-19-18-44-32/h4-17,20,22,31H,3,18-19,21,23-24H2,1-2H3,(H,37,41)/t31-/m1/s1. The highest BCUT2D eigenvalue weighted by atomic mass is 32.2. The summed E-state index contributed by atoms with van der Waals surface area (Å²) in [5.74, 6) is -0.871. The third-order valence-electron chi connectivity index (χ3n) is 7.55. The molecule has 240 valence electrons. The van der Waals surface area contributed by atoms with Crippen LogP contribution in [-0.2, 0) is 32.6 Å². The molecular formula is C35H36FN3O6S. The largest absolute Gasteiger partial charge is 0.486 e. The second-order valence-electron chi connectivity index (χ2n) is 10.9. The quantitative estimate of drug-likeness (QED) is 0.236. The van der Waals surface area contributed by atoms with Gasteiger partial charge in [-0.3, -0.25) is 13.9 Å². The predicted molar refractivity (Wildman–Crippen MR) is 173 cm³/mol. The maximum atomic E-state index is 14.5. The molecule has 5 rings (SSSR count). The number of carbonyl (C=O) groups is 2. The van der Waals surface area contributed by atoms with E-state index in [1.807, 2.05) is 61.5 Å². The van der Waals surface area contributed by atoms with Crippen LogP contribution in [0, 0.1) is 12.7 Å². The fraction of sp³-hybridized carbons (Fsp3) is 0.257. The van der Waals surface area contributed by atoms with Crippen LogP contribution in [0.2, 0.25) is 0 Å². The van der Waals surface area contributed by atoms with Gasteiger partial charge >= 0.3 is 0 Å². The molecular weight excluding hydrogens is 609 g/mol. The Hall–Kier alpha value is -4.90. The van der Waals surface area contributed by atoms with E-state index in [0.717, 1.165) is 33.1 Å². The molecule has 0 saturated heterocycles. The smallest absolute Gasteiger partial charge is 0.264 e. The maximum Gasteiger partial charge on any atom is 0.264 e. The van der Waals surface area contributed by atoms with Crippen LogP contribution >= 0.6 is 0 Å². The Morgan fingerprint density at radius 1 is 0.870 bits per heavy atom. The van der Waals surface area contributed by atoms with Gasteiger partial charge in [-0.2, -0.15) is 0 Å². The molecule has 1 atom stereocenters. The molecule has 46 heavy (non-hydrogen) atoms. The van der Waals surface area contributed by atoms with E-state index in [1.165, 1.54) is 35.2 Å². The summed E-state index contributed by atoms with van der Waals surface area (Å²) in [6.45, 7) is 4.05. The van der Waals surface area contributed by atoms with Crippen molar-refractivity contribution in [3.63, 3.8) is 0 Å². The minimum atomic E-state index is -4.40. The van der Waals surface area contributed by atoms with Gasteiger partial charge in [0.2, 0.25) is 11.8 Å². The van der Waals surface area contributed by atoms with Crippen molar-refractivity contribution in [1.82, 2.24) is 10.2 Å². The number of hydrogen-bond acceptors (Lipinski definition) is 6. The lowest BCUT2D eigenvalue weighted by Crippen LogP contribution is -2.53. The van der Waals surface area contributed by atoms with Crippen LogP contribution in [0.5, 0.6) is 11.5 Å². The van der Waals surface area contributed by atoms with E-state index in [4.69, 9.17) is 9.47 Å². The van der Waals surface area contributed by atoms with Gasteiger partial charge in [-0.05, 0) is 61.4 Å². The van der Waals surface area contributed by atoms with Crippen LogP contribution in [0.4, 0.5) is 10.1 Å². The van der Waals surface area contributed by atoms with E-state index < -0.39 is 34.3 Å². The number of hydrogen-bond donors (Lipinski definition) is 1. The van der Waals surface area contributed by atoms with E-state index in [-0.39, 0.29) is 41.8 Å². The zero-order valence-corrected chi connectivity index (χ0v) is 26.5. The maximum absolute atomic E-state index is 14.5. The van der Waals surface area contributed by atoms with Gasteiger partial charge in [-0.25, -0.2) is 12.8 Å². The first-order chi connectivity index (χ1) is 22.2. The van der Waals surface area contributed by atoms with Crippen molar-refractivity contribution >= 4 is 27.5 Å². The summed E-state index contributed by atoms with van der Waals surface area (Å²) in [5.41, 5.74) is 2.66. The number of carbonyl (C=O) groups excluding carboxylic acids is 2. The average Bonchev–Trinajstić information content (AvgIpc) is 3.06. The second kappa shape index (κ2) is 14.5. The Bertz CT molecular complexity index is 1780. The van der Waals surface area contributed by atoms with Crippen molar-refractivity contribution < 1.29 is 31.9 Å². The predicted octanol–water partition coefficient (Wildman–Crippen LogP) is 4.88. The summed E-state index contributed by atoms with van der Waals surface area (Å²) in [5, 5.41) is 2.84. The van der Waals surface area contributed by atoms with Crippen molar-refractivity contribution in [2.24, 2.45) is 0 Å². The molecule has 4 aromatic rings. The molecule has 2 amide bonds. The zero-order valence-electron chi connectivity index (χ0n) is 25.7. The Balaban J connectivity index is 1.57. The number of anilines is 1. The minimum Gasteiger partial charge on any atom is -0.486 e. The Morgan fingerprint density at radius 2 is 1.57 bits per heavy atom. The molecule has 0 aliphatic carbocycles. The lowest BCUT2D eigenvalue weighted by molar-refractivity contribution is -0.140. The molecule has 9 nitrogen and oxygen atoms in total. The van der Waals surface area contributed by atoms with Crippen LogP contribution in [0.1, 0.15) is 23.6 Å². The Kier molecular flexibility index (Phi) is 10.2. The van der Waals surface area contributed by atoms with E-state index in [1.54, 1.807) is 6.92 Å². The lowest BCUT2D eigenvalue weighted by Gasteiger charge is -2.34. The van der Waals surface area contributed by atoms with Gasteiger partial charge in [0.25, 0.3) is 10.0 Å². The van der Waals surface area contributed by atoms with E-state index >= 15 is 0 Å². The van der Waals surface area contributed by atoms with Crippen LogP contribution in [0.25, 0.3) is 0 Å². The first-order valence-corrected chi connectivity index (χ1v) is 16.4. The molecule has 0 saturated carbocycles. The third-order valence-corrected chi connectivity index (χ3v) is 9.32.